The predicted octanol–water partition coefficient (Wildman–Crippen LogP) is 2.42. The van der Waals surface area contributed by atoms with Crippen molar-refractivity contribution in [2.24, 2.45) is 5.92 Å². The number of carbonyl (C=O) groups is 1. The number of methoxy groups -OCH3 is 1. The smallest absolute Gasteiger partial charge is 0.316 e. The molecule has 1 saturated carbocycles. The Morgan fingerprint density at radius 2 is 1.95 bits per heavy atom. The zero-order valence-corrected chi connectivity index (χ0v) is 11.4. The Morgan fingerprint density at radius 3 is 2.42 bits per heavy atom. The highest BCUT2D eigenvalue weighted by atomic mass is 19.1. The minimum Gasteiger partial charge on any atom is -0.468 e. The summed E-state index contributed by atoms with van der Waals surface area (Å²) in [5.41, 5.74) is -1.68. The molecule has 0 amide bonds. The summed E-state index contributed by atoms with van der Waals surface area (Å²) >= 11 is 0. The summed E-state index contributed by atoms with van der Waals surface area (Å²) < 4.78 is 18.8. The fraction of sp³-hybridized carbons (Fsp3) is 0.533. The first-order valence-corrected chi connectivity index (χ1v) is 6.41. The van der Waals surface area contributed by atoms with Gasteiger partial charge in [0.15, 0.2) is 0 Å². The van der Waals surface area contributed by atoms with Crippen molar-refractivity contribution in [3.8, 4) is 0 Å². The summed E-state index contributed by atoms with van der Waals surface area (Å²) in [4.78, 5) is 12.1. The van der Waals surface area contributed by atoms with E-state index >= 15 is 0 Å². The van der Waals surface area contributed by atoms with Gasteiger partial charge in [0.2, 0.25) is 0 Å². The van der Waals surface area contributed by atoms with Gasteiger partial charge in [-0.2, -0.15) is 0 Å². The number of aliphatic hydroxyl groups is 1. The van der Waals surface area contributed by atoms with Crippen molar-refractivity contribution in [1.82, 2.24) is 0 Å². The highest BCUT2D eigenvalue weighted by Crippen LogP contribution is 2.54. The summed E-state index contributed by atoms with van der Waals surface area (Å²) in [6.07, 6.45) is 0.399. The van der Waals surface area contributed by atoms with Crippen molar-refractivity contribution in [2.75, 3.05) is 7.11 Å². The molecule has 1 aromatic carbocycles. The van der Waals surface area contributed by atoms with Crippen LogP contribution in [0.2, 0.25) is 0 Å². The van der Waals surface area contributed by atoms with Crippen molar-refractivity contribution in [1.29, 1.82) is 0 Å². The van der Waals surface area contributed by atoms with Gasteiger partial charge in [-0.3, -0.25) is 4.79 Å². The third-order valence-electron chi connectivity index (χ3n) is 4.26. The van der Waals surface area contributed by atoms with E-state index in [9.17, 15) is 14.3 Å². The molecular weight excluding hydrogens is 247 g/mol. The largest absolute Gasteiger partial charge is 0.468 e. The number of rotatable bonds is 3. The number of esters is 1. The lowest BCUT2D eigenvalue weighted by Gasteiger charge is -2.53. The first-order chi connectivity index (χ1) is 8.85. The van der Waals surface area contributed by atoms with Gasteiger partial charge >= 0.3 is 5.97 Å². The normalized spacial score (nSPS) is 30.0. The van der Waals surface area contributed by atoms with Crippen LogP contribution in [0.4, 0.5) is 4.39 Å². The number of ether oxygens (including phenoxy) is 1. The maximum Gasteiger partial charge on any atom is 0.316 e. The van der Waals surface area contributed by atoms with Crippen LogP contribution in [0.3, 0.4) is 0 Å². The Labute approximate surface area is 112 Å². The lowest BCUT2D eigenvalue weighted by atomic mass is 9.53. The van der Waals surface area contributed by atoms with E-state index in [-0.39, 0.29) is 18.8 Å². The second kappa shape index (κ2) is 4.60. The molecule has 0 bridgehead atoms. The molecule has 1 aromatic rings. The Morgan fingerprint density at radius 1 is 1.37 bits per heavy atom. The lowest BCUT2D eigenvalue weighted by molar-refractivity contribution is -0.175. The Balaban J connectivity index is 2.41. The van der Waals surface area contributed by atoms with Gasteiger partial charge < -0.3 is 9.84 Å². The van der Waals surface area contributed by atoms with E-state index in [2.05, 4.69) is 0 Å². The van der Waals surface area contributed by atoms with Crippen LogP contribution in [0, 0.1) is 11.7 Å². The summed E-state index contributed by atoms with van der Waals surface area (Å²) in [5.74, 6) is -0.904. The number of hydrogen-bond acceptors (Lipinski definition) is 3. The molecule has 1 N–H and O–H groups in total. The van der Waals surface area contributed by atoms with E-state index in [0.717, 1.165) is 0 Å². The molecule has 0 unspecified atom stereocenters. The van der Waals surface area contributed by atoms with Crippen LogP contribution in [0.1, 0.15) is 32.3 Å². The summed E-state index contributed by atoms with van der Waals surface area (Å²) in [6.45, 7) is 3.78. The van der Waals surface area contributed by atoms with Gasteiger partial charge in [0.25, 0.3) is 0 Å². The standard InChI is InChI=1S/C15H19FO3/c1-10(2)15(18)8-14(9-15,13(17)19-3)11-6-4-5-7-12(11)16/h4-7,10,18H,8-9H2,1-3H3. The molecule has 0 spiro atoms. The molecule has 0 saturated heterocycles. The molecule has 2 rings (SSSR count). The van der Waals surface area contributed by atoms with Gasteiger partial charge in [-0.25, -0.2) is 4.39 Å². The minimum atomic E-state index is -1.06. The Bertz CT molecular complexity index is 490. The molecule has 0 aliphatic heterocycles. The molecule has 19 heavy (non-hydrogen) atoms. The number of halogens is 1. The predicted molar refractivity (Wildman–Crippen MR) is 69.1 cm³/mol. The SMILES string of the molecule is COC(=O)C1(c2ccccc2F)CC(O)(C(C)C)C1. The van der Waals surface area contributed by atoms with Crippen LogP contribution < -0.4 is 0 Å². The van der Waals surface area contributed by atoms with Gasteiger partial charge in [-0.1, -0.05) is 32.0 Å². The first kappa shape index (κ1) is 14.0. The Hall–Kier alpha value is -1.42. The topological polar surface area (TPSA) is 46.5 Å². The molecule has 3 nitrogen and oxygen atoms in total. The highest BCUT2D eigenvalue weighted by molar-refractivity contribution is 5.85. The zero-order chi connectivity index (χ0) is 14.3. The molecule has 1 fully saturated rings. The molecule has 104 valence electrons. The summed E-state index contributed by atoms with van der Waals surface area (Å²) in [6, 6.07) is 6.19. The molecule has 0 heterocycles. The molecule has 1 aliphatic rings. The third kappa shape index (κ3) is 2.04. The van der Waals surface area contributed by atoms with Crippen LogP contribution in [0.5, 0.6) is 0 Å². The summed E-state index contributed by atoms with van der Waals surface area (Å²) in [7, 11) is 1.29. The average Bonchev–Trinajstić information content (AvgIpc) is 2.34. The van der Waals surface area contributed by atoms with Crippen LogP contribution in [-0.4, -0.2) is 23.8 Å². The van der Waals surface area contributed by atoms with Gasteiger partial charge in [0, 0.05) is 5.56 Å². The van der Waals surface area contributed by atoms with Crippen molar-refractivity contribution in [2.45, 2.75) is 37.7 Å². The molecule has 1 aliphatic carbocycles. The molecule has 0 aromatic heterocycles. The van der Waals surface area contributed by atoms with Crippen molar-refractivity contribution in [3.05, 3.63) is 35.6 Å². The van der Waals surface area contributed by atoms with E-state index in [1.807, 2.05) is 13.8 Å². The number of carbonyl (C=O) groups excluding carboxylic acids is 1. The van der Waals surface area contributed by atoms with E-state index in [0.29, 0.717) is 5.56 Å². The highest BCUT2D eigenvalue weighted by Gasteiger charge is 2.61. The minimum absolute atomic E-state index is 0.0112. The van der Waals surface area contributed by atoms with Gasteiger partial charge in [0.1, 0.15) is 11.2 Å². The third-order valence-corrected chi connectivity index (χ3v) is 4.26. The lowest BCUT2D eigenvalue weighted by Crippen LogP contribution is -2.61. The Kier molecular flexibility index (Phi) is 3.39. The first-order valence-electron chi connectivity index (χ1n) is 6.41. The van der Waals surface area contributed by atoms with Crippen LogP contribution in [0.15, 0.2) is 24.3 Å². The number of benzene rings is 1. The van der Waals surface area contributed by atoms with Crippen LogP contribution >= 0.6 is 0 Å². The quantitative estimate of drug-likeness (QED) is 0.855. The zero-order valence-electron chi connectivity index (χ0n) is 11.4. The van der Waals surface area contributed by atoms with Crippen molar-refractivity contribution < 1.29 is 19.0 Å². The van der Waals surface area contributed by atoms with Gasteiger partial charge in [-0.15, -0.1) is 0 Å². The summed E-state index contributed by atoms with van der Waals surface area (Å²) in [5, 5.41) is 10.4. The van der Waals surface area contributed by atoms with E-state index < -0.39 is 22.8 Å². The van der Waals surface area contributed by atoms with Crippen molar-refractivity contribution >= 4 is 5.97 Å². The maximum absolute atomic E-state index is 14.0. The monoisotopic (exact) mass is 266 g/mol. The molecular formula is C15H19FO3. The van der Waals surface area contributed by atoms with Gasteiger partial charge in [-0.05, 0) is 24.8 Å². The fourth-order valence-corrected chi connectivity index (χ4v) is 2.89. The van der Waals surface area contributed by atoms with Crippen LogP contribution in [0.25, 0.3) is 0 Å². The second-order valence-corrected chi connectivity index (χ2v) is 5.67. The second-order valence-electron chi connectivity index (χ2n) is 5.67. The average molecular weight is 266 g/mol. The van der Waals surface area contributed by atoms with E-state index in [1.54, 1.807) is 18.2 Å². The molecule has 4 heteroatoms. The van der Waals surface area contributed by atoms with E-state index in [1.165, 1.54) is 13.2 Å². The molecule has 0 radical (unpaired) electrons. The van der Waals surface area contributed by atoms with Gasteiger partial charge in [0.05, 0.1) is 12.7 Å². The van der Waals surface area contributed by atoms with Crippen LogP contribution in [-0.2, 0) is 14.9 Å². The number of hydrogen-bond donors (Lipinski definition) is 1. The maximum atomic E-state index is 14.0. The fourth-order valence-electron chi connectivity index (χ4n) is 2.89. The molecule has 0 atom stereocenters. The van der Waals surface area contributed by atoms with Crippen molar-refractivity contribution in [3.63, 3.8) is 0 Å². The van der Waals surface area contributed by atoms with E-state index in [4.69, 9.17) is 4.74 Å².